The first-order valence-electron chi connectivity index (χ1n) is 5.03. The van der Waals surface area contributed by atoms with Gasteiger partial charge in [0.15, 0.2) is 0 Å². The number of ether oxygens (including phenoxy) is 1. The van der Waals surface area contributed by atoms with Gasteiger partial charge < -0.3 is 15.8 Å². The van der Waals surface area contributed by atoms with Crippen LogP contribution in [0, 0.1) is 0 Å². The maximum Gasteiger partial charge on any atom is 0.325 e. The van der Waals surface area contributed by atoms with Crippen LogP contribution in [0.2, 0.25) is 0 Å². The number of anilines is 1. The molecule has 0 bridgehead atoms. The second-order valence-corrected chi connectivity index (χ2v) is 4.51. The van der Waals surface area contributed by atoms with Gasteiger partial charge in [0.2, 0.25) is 0 Å². The quantitative estimate of drug-likeness (QED) is 0.643. The van der Waals surface area contributed by atoms with Gasteiger partial charge in [-0.25, -0.2) is 0 Å². The van der Waals surface area contributed by atoms with Gasteiger partial charge in [-0.1, -0.05) is 12.2 Å². The molecular weight excluding hydrogens is 304 g/mol. The topological polar surface area (TPSA) is 64.3 Å². The van der Waals surface area contributed by atoms with E-state index in [1.54, 1.807) is 19.1 Å². The van der Waals surface area contributed by atoms with Crippen molar-refractivity contribution < 1.29 is 9.53 Å². The zero-order valence-corrected chi connectivity index (χ0v) is 11.7. The van der Waals surface area contributed by atoms with Crippen LogP contribution >= 0.6 is 28.1 Å². The normalized spacial score (nSPS) is 9.76. The Kier molecular flexibility index (Phi) is 5.37. The molecule has 0 aliphatic heterocycles. The molecule has 4 nitrogen and oxygen atoms in total. The van der Waals surface area contributed by atoms with Crippen molar-refractivity contribution in [2.75, 3.05) is 18.5 Å². The monoisotopic (exact) mass is 316 g/mol. The number of nitrogens with one attached hydrogen (secondary N) is 1. The van der Waals surface area contributed by atoms with Crippen molar-refractivity contribution in [3.05, 3.63) is 28.2 Å². The summed E-state index contributed by atoms with van der Waals surface area (Å²) in [6.07, 6.45) is 0. The lowest BCUT2D eigenvalue weighted by atomic mass is 10.2. The highest BCUT2D eigenvalue weighted by atomic mass is 79.9. The average Bonchev–Trinajstić information content (AvgIpc) is 2.26. The fourth-order valence-corrected chi connectivity index (χ4v) is 2.11. The van der Waals surface area contributed by atoms with Crippen molar-refractivity contribution in [1.82, 2.24) is 0 Å². The standard InChI is InChI=1S/C11H13BrN2O2S/c1-2-16-10(15)6-14-7-3-4-8(11(13)17)9(12)5-7/h3-5,14H,2,6H2,1H3,(H2,13,17). The first kappa shape index (κ1) is 13.9. The maximum absolute atomic E-state index is 11.1. The largest absolute Gasteiger partial charge is 0.465 e. The zero-order valence-electron chi connectivity index (χ0n) is 9.33. The van der Waals surface area contributed by atoms with Gasteiger partial charge in [-0.05, 0) is 41.1 Å². The second-order valence-electron chi connectivity index (χ2n) is 3.22. The molecule has 0 saturated heterocycles. The van der Waals surface area contributed by atoms with Gasteiger partial charge >= 0.3 is 5.97 Å². The molecule has 0 amide bonds. The van der Waals surface area contributed by atoms with Gasteiger partial charge in [-0.2, -0.15) is 0 Å². The lowest BCUT2D eigenvalue weighted by Gasteiger charge is -2.08. The summed E-state index contributed by atoms with van der Waals surface area (Å²) in [4.78, 5) is 11.5. The highest BCUT2D eigenvalue weighted by molar-refractivity contribution is 9.10. The van der Waals surface area contributed by atoms with Crippen molar-refractivity contribution in [3.8, 4) is 0 Å². The van der Waals surface area contributed by atoms with E-state index in [9.17, 15) is 4.79 Å². The number of benzene rings is 1. The van der Waals surface area contributed by atoms with Crippen molar-refractivity contribution in [3.63, 3.8) is 0 Å². The van der Waals surface area contributed by atoms with Crippen molar-refractivity contribution >= 4 is 44.8 Å². The SMILES string of the molecule is CCOC(=O)CNc1ccc(C(N)=S)c(Br)c1. The molecule has 92 valence electrons. The molecule has 0 aromatic heterocycles. The van der Waals surface area contributed by atoms with E-state index in [0.29, 0.717) is 11.6 Å². The third-order valence-electron chi connectivity index (χ3n) is 1.98. The molecule has 0 unspecified atom stereocenters. The van der Waals surface area contributed by atoms with E-state index < -0.39 is 0 Å². The molecule has 6 heteroatoms. The Morgan fingerprint density at radius 2 is 2.29 bits per heavy atom. The number of nitrogens with two attached hydrogens (primary N) is 1. The van der Waals surface area contributed by atoms with Crippen LogP contribution in [0.3, 0.4) is 0 Å². The van der Waals surface area contributed by atoms with Gasteiger partial charge in [0.1, 0.15) is 11.5 Å². The van der Waals surface area contributed by atoms with Crippen LogP contribution in [0.4, 0.5) is 5.69 Å². The molecule has 0 atom stereocenters. The van der Waals surface area contributed by atoms with E-state index >= 15 is 0 Å². The minimum absolute atomic E-state index is 0.132. The Morgan fingerprint density at radius 1 is 1.59 bits per heavy atom. The Balaban J connectivity index is 2.65. The van der Waals surface area contributed by atoms with Gasteiger partial charge in [-0.15, -0.1) is 0 Å². The van der Waals surface area contributed by atoms with E-state index in [-0.39, 0.29) is 12.5 Å². The smallest absolute Gasteiger partial charge is 0.325 e. The molecule has 0 heterocycles. The number of thiocarbonyl (C=S) groups is 1. The van der Waals surface area contributed by atoms with Crippen LogP contribution < -0.4 is 11.1 Å². The number of halogens is 1. The average molecular weight is 317 g/mol. The summed E-state index contributed by atoms with van der Waals surface area (Å²) in [7, 11) is 0. The Bertz CT molecular complexity index is 437. The minimum Gasteiger partial charge on any atom is -0.465 e. The third kappa shape index (κ3) is 4.32. The Hall–Kier alpha value is -1.14. The van der Waals surface area contributed by atoms with Crippen LogP contribution in [0.25, 0.3) is 0 Å². The van der Waals surface area contributed by atoms with E-state index in [1.165, 1.54) is 0 Å². The molecule has 0 fully saturated rings. The predicted molar refractivity (Wildman–Crippen MR) is 75.2 cm³/mol. The molecule has 0 aliphatic rings. The Labute approximate surface area is 114 Å². The number of hydrogen-bond acceptors (Lipinski definition) is 4. The highest BCUT2D eigenvalue weighted by Gasteiger charge is 2.05. The van der Waals surface area contributed by atoms with Gasteiger partial charge in [0, 0.05) is 15.7 Å². The summed E-state index contributed by atoms with van der Waals surface area (Å²) in [6.45, 7) is 2.28. The van der Waals surface area contributed by atoms with Gasteiger partial charge in [0.05, 0.1) is 6.61 Å². The molecule has 3 N–H and O–H groups in total. The van der Waals surface area contributed by atoms with E-state index in [2.05, 4.69) is 21.2 Å². The molecule has 0 saturated carbocycles. The molecule has 0 aliphatic carbocycles. The molecular formula is C11H13BrN2O2S. The zero-order chi connectivity index (χ0) is 12.8. The summed E-state index contributed by atoms with van der Waals surface area (Å²) in [5, 5.41) is 2.95. The van der Waals surface area contributed by atoms with Gasteiger partial charge in [-0.3, -0.25) is 4.79 Å². The molecule has 1 aromatic rings. The molecule has 0 radical (unpaired) electrons. The number of hydrogen-bond donors (Lipinski definition) is 2. The fraction of sp³-hybridized carbons (Fsp3) is 0.273. The van der Waals surface area contributed by atoms with Crippen LogP contribution in [-0.2, 0) is 9.53 Å². The summed E-state index contributed by atoms with van der Waals surface area (Å²) in [5.41, 5.74) is 7.09. The van der Waals surface area contributed by atoms with Crippen LogP contribution in [0.1, 0.15) is 12.5 Å². The number of esters is 1. The maximum atomic E-state index is 11.1. The van der Waals surface area contributed by atoms with Crippen molar-refractivity contribution in [2.45, 2.75) is 6.92 Å². The predicted octanol–water partition coefficient (Wildman–Crippen LogP) is 2.06. The molecule has 17 heavy (non-hydrogen) atoms. The van der Waals surface area contributed by atoms with E-state index in [4.69, 9.17) is 22.7 Å². The fourth-order valence-electron chi connectivity index (χ4n) is 1.21. The summed E-state index contributed by atoms with van der Waals surface area (Å²) < 4.78 is 5.59. The van der Waals surface area contributed by atoms with Crippen molar-refractivity contribution in [2.24, 2.45) is 5.73 Å². The number of carbonyl (C=O) groups excluding carboxylic acids is 1. The molecule has 1 aromatic carbocycles. The van der Waals surface area contributed by atoms with Crippen LogP contribution in [-0.4, -0.2) is 24.1 Å². The van der Waals surface area contributed by atoms with Crippen molar-refractivity contribution in [1.29, 1.82) is 0 Å². The minimum atomic E-state index is -0.290. The Morgan fingerprint density at radius 3 is 2.82 bits per heavy atom. The summed E-state index contributed by atoms with van der Waals surface area (Å²) in [5.74, 6) is -0.290. The molecule has 1 rings (SSSR count). The van der Waals surface area contributed by atoms with Crippen LogP contribution in [0.5, 0.6) is 0 Å². The van der Waals surface area contributed by atoms with E-state index in [0.717, 1.165) is 15.7 Å². The lowest BCUT2D eigenvalue weighted by Crippen LogP contribution is -2.17. The highest BCUT2D eigenvalue weighted by Crippen LogP contribution is 2.21. The first-order valence-corrected chi connectivity index (χ1v) is 6.23. The lowest BCUT2D eigenvalue weighted by molar-refractivity contribution is -0.140. The first-order chi connectivity index (χ1) is 8.04. The van der Waals surface area contributed by atoms with Gasteiger partial charge in [0.25, 0.3) is 0 Å². The molecule has 0 spiro atoms. The third-order valence-corrected chi connectivity index (χ3v) is 2.85. The second kappa shape index (κ2) is 6.56. The van der Waals surface area contributed by atoms with E-state index in [1.807, 2.05) is 6.07 Å². The number of rotatable bonds is 5. The van der Waals surface area contributed by atoms with Crippen LogP contribution in [0.15, 0.2) is 22.7 Å². The summed E-state index contributed by atoms with van der Waals surface area (Å²) >= 11 is 8.25. The number of carbonyl (C=O) groups is 1. The summed E-state index contributed by atoms with van der Waals surface area (Å²) in [6, 6.07) is 5.41.